The molecular formula is C13H22O6. The predicted molar refractivity (Wildman–Crippen MR) is 66.3 cm³/mol. The number of carbonyl (C=O) groups is 2. The summed E-state index contributed by atoms with van der Waals surface area (Å²) in [6.07, 6.45) is -0.810. The Hall–Kier alpha value is -1.14. The fraction of sp³-hybridized carbons (Fsp3) is 0.846. The summed E-state index contributed by atoms with van der Waals surface area (Å²) in [5, 5.41) is 0. The number of carbonyl (C=O) groups excluding carboxylic acids is 2. The molecule has 0 bridgehead atoms. The zero-order valence-electron chi connectivity index (χ0n) is 12.1. The van der Waals surface area contributed by atoms with Gasteiger partial charge in [0.05, 0.1) is 25.7 Å². The van der Waals surface area contributed by atoms with E-state index in [1.807, 2.05) is 0 Å². The highest BCUT2D eigenvalue weighted by Crippen LogP contribution is 2.39. The summed E-state index contributed by atoms with van der Waals surface area (Å²) in [7, 11) is 0. The molecule has 0 spiro atoms. The highest BCUT2D eigenvalue weighted by Gasteiger charge is 2.58. The predicted octanol–water partition coefficient (Wildman–Crippen LogP) is 1.41. The van der Waals surface area contributed by atoms with E-state index in [9.17, 15) is 9.59 Å². The lowest BCUT2D eigenvalue weighted by Gasteiger charge is -2.28. The van der Waals surface area contributed by atoms with Gasteiger partial charge in [0.1, 0.15) is 0 Å². The third-order valence-electron chi connectivity index (χ3n) is 2.88. The zero-order valence-corrected chi connectivity index (χ0v) is 12.1. The molecular weight excluding hydrogens is 252 g/mol. The van der Waals surface area contributed by atoms with Crippen LogP contribution in [0.2, 0.25) is 0 Å². The first-order valence-electron chi connectivity index (χ1n) is 6.48. The van der Waals surface area contributed by atoms with Crippen molar-refractivity contribution in [1.29, 1.82) is 0 Å². The molecule has 0 saturated carbocycles. The van der Waals surface area contributed by atoms with Crippen molar-refractivity contribution in [3.8, 4) is 0 Å². The summed E-state index contributed by atoms with van der Waals surface area (Å²) >= 11 is 0. The van der Waals surface area contributed by atoms with Crippen molar-refractivity contribution < 1.29 is 28.5 Å². The van der Waals surface area contributed by atoms with Crippen LogP contribution in [-0.4, -0.2) is 42.6 Å². The van der Waals surface area contributed by atoms with Gasteiger partial charge in [-0.25, -0.2) is 4.79 Å². The standard InChI is InChI=1S/C13H22O6/c1-6-16-10(14)8-13(11(15)17-7-2)9(3)18-12(4,5)19-13/h9H,6-8H2,1-5H3/t9-,13-/m1/s1. The van der Waals surface area contributed by atoms with Crippen LogP contribution >= 0.6 is 0 Å². The molecule has 1 aliphatic rings. The second-order valence-corrected chi connectivity index (χ2v) is 4.85. The smallest absolute Gasteiger partial charge is 0.341 e. The van der Waals surface area contributed by atoms with E-state index in [0.717, 1.165) is 0 Å². The lowest BCUT2D eigenvalue weighted by Crippen LogP contribution is -2.50. The minimum Gasteiger partial charge on any atom is -0.466 e. The van der Waals surface area contributed by atoms with Gasteiger partial charge in [-0.05, 0) is 34.6 Å². The molecule has 19 heavy (non-hydrogen) atoms. The molecule has 0 aromatic rings. The van der Waals surface area contributed by atoms with Gasteiger partial charge in [-0.2, -0.15) is 0 Å². The summed E-state index contributed by atoms with van der Waals surface area (Å²) < 4.78 is 21.2. The van der Waals surface area contributed by atoms with Crippen LogP contribution in [0, 0.1) is 0 Å². The molecule has 0 amide bonds. The molecule has 110 valence electrons. The Morgan fingerprint density at radius 3 is 2.16 bits per heavy atom. The van der Waals surface area contributed by atoms with Gasteiger partial charge in [-0.1, -0.05) is 0 Å². The highest BCUT2D eigenvalue weighted by atomic mass is 16.8. The van der Waals surface area contributed by atoms with Crippen LogP contribution in [0.4, 0.5) is 0 Å². The number of ether oxygens (including phenoxy) is 4. The van der Waals surface area contributed by atoms with Crippen molar-refractivity contribution in [2.75, 3.05) is 13.2 Å². The molecule has 0 aromatic heterocycles. The van der Waals surface area contributed by atoms with Crippen LogP contribution in [0.1, 0.15) is 41.0 Å². The van der Waals surface area contributed by atoms with Crippen molar-refractivity contribution in [3.63, 3.8) is 0 Å². The molecule has 1 fully saturated rings. The summed E-state index contributed by atoms with van der Waals surface area (Å²) in [6.45, 7) is 8.92. The van der Waals surface area contributed by atoms with Crippen molar-refractivity contribution in [1.82, 2.24) is 0 Å². The number of hydrogen-bond donors (Lipinski definition) is 0. The Bertz CT molecular complexity index is 351. The van der Waals surface area contributed by atoms with E-state index in [-0.39, 0.29) is 19.6 Å². The highest BCUT2D eigenvalue weighted by molar-refractivity contribution is 5.87. The van der Waals surface area contributed by atoms with Gasteiger partial charge in [0, 0.05) is 0 Å². The first-order chi connectivity index (χ1) is 8.77. The number of hydrogen-bond acceptors (Lipinski definition) is 6. The minimum absolute atomic E-state index is 0.208. The molecule has 0 N–H and O–H groups in total. The Balaban J connectivity index is 2.98. The Morgan fingerprint density at radius 2 is 1.74 bits per heavy atom. The molecule has 1 rings (SSSR count). The third-order valence-corrected chi connectivity index (χ3v) is 2.88. The maximum Gasteiger partial charge on any atom is 0.341 e. The van der Waals surface area contributed by atoms with Crippen molar-refractivity contribution in [3.05, 3.63) is 0 Å². The second-order valence-electron chi connectivity index (χ2n) is 4.85. The fourth-order valence-corrected chi connectivity index (χ4v) is 2.21. The maximum absolute atomic E-state index is 12.2. The molecule has 2 atom stereocenters. The minimum atomic E-state index is -1.44. The molecule has 0 aromatic carbocycles. The average Bonchev–Trinajstić information content (AvgIpc) is 2.50. The van der Waals surface area contributed by atoms with Crippen LogP contribution in [-0.2, 0) is 28.5 Å². The van der Waals surface area contributed by atoms with E-state index in [2.05, 4.69) is 0 Å². The molecule has 1 saturated heterocycles. The van der Waals surface area contributed by atoms with Gasteiger partial charge in [0.15, 0.2) is 5.79 Å². The van der Waals surface area contributed by atoms with Crippen molar-refractivity contribution in [2.24, 2.45) is 0 Å². The van der Waals surface area contributed by atoms with E-state index >= 15 is 0 Å². The van der Waals surface area contributed by atoms with Gasteiger partial charge in [-0.15, -0.1) is 0 Å². The Kier molecular flexibility index (Phi) is 4.92. The summed E-state index contributed by atoms with van der Waals surface area (Å²) in [4.78, 5) is 23.9. The van der Waals surface area contributed by atoms with E-state index < -0.39 is 29.4 Å². The first-order valence-corrected chi connectivity index (χ1v) is 6.48. The van der Waals surface area contributed by atoms with Crippen LogP contribution in [0.5, 0.6) is 0 Å². The molecule has 0 unspecified atom stereocenters. The Labute approximate surface area is 113 Å². The van der Waals surface area contributed by atoms with E-state index in [0.29, 0.717) is 0 Å². The van der Waals surface area contributed by atoms with Gasteiger partial charge < -0.3 is 18.9 Å². The van der Waals surface area contributed by atoms with E-state index in [1.165, 1.54) is 0 Å². The summed E-state index contributed by atoms with van der Waals surface area (Å²) in [5.41, 5.74) is -1.44. The van der Waals surface area contributed by atoms with E-state index in [4.69, 9.17) is 18.9 Å². The van der Waals surface area contributed by atoms with Crippen molar-refractivity contribution in [2.45, 2.75) is 58.5 Å². The second kappa shape index (κ2) is 5.88. The number of esters is 2. The molecule has 6 nitrogen and oxygen atoms in total. The van der Waals surface area contributed by atoms with Crippen LogP contribution in [0.25, 0.3) is 0 Å². The SMILES string of the molecule is CCOC(=O)C[C@@]1(C(=O)OCC)OC(C)(C)O[C@@H]1C. The Morgan fingerprint density at radius 1 is 1.16 bits per heavy atom. The largest absolute Gasteiger partial charge is 0.466 e. The van der Waals surface area contributed by atoms with Crippen molar-refractivity contribution >= 4 is 11.9 Å². The zero-order chi connectivity index (χ0) is 14.7. The quantitative estimate of drug-likeness (QED) is 0.706. The average molecular weight is 274 g/mol. The van der Waals surface area contributed by atoms with Crippen LogP contribution in [0.15, 0.2) is 0 Å². The fourth-order valence-electron chi connectivity index (χ4n) is 2.21. The van der Waals surface area contributed by atoms with Crippen LogP contribution < -0.4 is 0 Å². The summed E-state index contributed by atoms with van der Waals surface area (Å²) in [6, 6.07) is 0. The molecule has 1 heterocycles. The molecule has 0 aliphatic carbocycles. The van der Waals surface area contributed by atoms with Crippen LogP contribution in [0.3, 0.4) is 0 Å². The molecule has 0 radical (unpaired) electrons. The third kappa shape index (κ3) is 3.45. The molecule has 6 heteroatoms. The van der Waals surface area contributed by atoms with Gasteiger partial charge >= 0.3 is 11.9 Å². The monoisotopic (exact) mass is 274 g/mol. The van der Waals surface area contributed by atoms with E-state index in [1.54, 1.807) is 34.6 Å². The lowest BCUT2D eigenvalue weighted by atomic mass is 9.94. The maximum atomic E-state index is 12.2. The number of rotatable bonds is 5. The van der Waals surface area contributed by atoms with Gasteiger partial charge in [0.25, 0.3) is 0 Å². The normalized spacial score (nSPS) is 29.0. The van der Waals surface area contributed by atoms with Gasteiger partial charge in [0.2, 0.25) is 5.60 Å². The van der Waals surface area contributed by atoms with Gasteiger partial charge in [-0.3, -0.25) is 4.79 Å². The first kappa shape index (κ1) is 15.9. The molecule has 1 aliphatic heterocycles. The lowest BCUT2D eigenvalue weighted by molar-refractivity contribution is -0.194. The summed E-state index contributed by atoms with van der Waals surface area (Å²) in [5.74, 6) is -2.05. The topological polar surface area (TPSA) is 71.1 Å².